The summed E-state index contributed by atoms with van der Waals surface area (Å²) >= 11 is 1.82. The Labute approximate surface area is 142 Å². The average molecular weight is 329 g/mol. The SMILES string of the molecule is OC1(CNCc2ccccc2OCc2ccccc2)CCSC1. The minimum absolute atomic E-state index is 0.551. The standard InChI is InChI=1S/C19H23NO2S/c21-19(10-11-23-15-19)14-20-12-17-8-4-5-9-18(17)22-13-16-6-2-1-3-7-16/h1-9,20-21H,10-15H2. The van der Waals surface area contributed by atoms with Crippen LogP contribution >= 0.6 is 11.8 Å². The molecule has 122 valence electrons. The van der Waals surface area contributed by atoms with Gasteiger partial charge in [0.25, 0.3) is 0 Å². The van der Waals surface area contributed by atoms with Gasteiger partial charge in [0.1, 0.15) is 12.4 Å². The molecule has 2 aromatic rings. The summed E-state index contributed by atoms with van der Waals surface area (Å²) in [5, 5.41) is 13.8. The van der Waals surface area contributed by atoms with Gasteiger partial charge >= 0.3 is 0 Å². The highest BCUT2D eigenvalue weighted by atomic mass is 32.2. The van der Waals surface area contributed by atoms with Gasteiger partial charge in [0, 0.05) is 24.4 Å². The molecule has 3 nitrogen and oxygen atoms in total. The fourth-order valence-electron chi connectivity index (χ4n) is 2.69. The maximum Gasteiger partial charge on any atom is 0.124 e. The molecule has 1 aliphatic heterocycles. The second kappa shape index (κ2) is 7.86. The van der Waals surface area contributed by atoms with Gasteiger partial charge in [0.15, 0.2) is 0 Å². The predicted molar refractivity (Wildman–Crippen MR) is 95.8 cm³/mol. The maximum atomic E-state index is 10.4. The van der Waals surface area contributed by atoms with Gasteiger partial charge < -0.3 is 15.2 Å². The molecule has 4 heteroatoms. The van der Waals surface area contributed by atoms with E-state index >= 15 is 0 Å². The van der Waals surface area contributed by atoms with E-state index in [-0.39, 0.29) is 0 Å². The number of benzene rings is 2. The molecule has 0 saturated carbocycles. The molecular formula is C19H23NO2S. The fraction of sp³-hybridized carbons (Fsp3) is 0.368. The highest BCUT2D eigenvalue weighted by molar-refractivity contribution is 7.99. The Morgan fingerprint density at radius 2 is 1.87 bits per heavy atom. The molecule has 1 fully saturated rings. The topological polar surface area (TPSA) is 41.5 Å². The first kappa shape index (κ1) is 16.4. The number of nitrogens with one attached hydrogen (secondary N) is 1. The number of hydrogen-bond acceptors (Lipinski definition) is 4. The van der Waals surface area contributed by atoms with Crippen molar-refractivity contribution >= 4 is 11.8 Å². The van der Waals surface area contributed by atoms with E-state index in [1.54, 1.807) is 0 Å². The second-order valence-electron chi connectivity index (χ2n) is 6.01. The van der Waals surface area contributed by atoms with Gasteiger partial charge in [0.05, 0.1) is 5.60 Å². The first-order valence-corrected chi connectivity index (χ1v) is 9.16. The van der Waals surface area contributed by atoms with E-state index in [1.807, 2.05) is 48.2 Å². The van der Waals surface area contributed by atoms with Crippen LogP contribution in [-0.4, -0.2) is 28.8 Å². The molecule has 0 amide bonds. The first-order valence-electron chi connectivity index (χ1n) is 8.01. The molecule has 3 rings (SSSR count). The Morgan fingerprint density at radius 3 is 2.65 bits per heavy atom. The summed E-state index contributed by atoms with van der Waals surface area (Å²) in [6.07, 6.45) is 0.872. The van der Waals surface area contributed by atoms with Gasteiger partial charge in [-0.05, 0) is 23.8 Å². The van der Waals surface area contributed by atoms with Gasteiger partial charge in [-0.3, -0.25) is 0 Å². The molecule has 2 N–H and O–H groups in total. The van der Waals surface area contributed by atoms with Crippen LogP contribution in [0.4, 0.5) is 0 Å². The van der Waals surface area contributed by atoms with Crippen molar-refractivity contribution < 1.29 is 9.84 Å². The molecule has 0 radical (unpaired) electrons. The monoisotopic (exact) mass is 329 g/mol. The van der Waals surface area contributed by atoms with E-state index < -0.39 is 5.60 Å². The van der Waals surface area contributed by atoms with Crippen LogP contribution in [0.5, 0.6) is 5.75 Å². The summed E-state index contributed by atoms with van der Waals surface area (Å²) in [6, 6.07) is 18.3. The third-order valence-electron chi connectivity index (χ3n) is 4.06. The zero-order valence-electron chi connectivity index (χ0n) is 13.2. The average Bonchev–Trinajstić information content (AvgIpc) is 3.02. The number of thioether (sulfide) groups is 1. The van der Waals surface area contributed by atoms with E-state index in [2.05, 4.69) is 23.5 Å². The van der Waals surface area contributed by atoms with Crippen LogP contribution in [0.15, 0.2) is 54.6 Å². The van der Waals surface area contributed by atoms with Gasteiger partial charge in [0.2, 0.25) is 0 Å². The van der Waals surface area contributed by atoms with Crippen LogP contribution in [0.25, 0.3) is 0 Å². The van der Waals surface area contributed by atoms with E-state index in [1.165, 1.54) is 0 Å². The molecule has 2 aromatic carbocycles. The molecule has 1 atom stereocenters. The Bertz CT molecular complexity index is 612. The van der Waals surface area contributed by atoms with E-state index in [0.717, 1.165) is 34.8 Å². The predicted octanol–water partition coefficient (Wildman–Crippen LogP) is 3.22. The lowest BCUT2D eigenvalue weighted by atomic mass is 10.0. The minimum atomic E-state index is -0.551. The molecule has 1 unspecified atom stereocenters. The van der Waals surface area contributed by atoms with Crippen LogP contribution in [0.1, 0.15) is 17.5 Å². The van der Waals surface area contributed by atoms with Gasteiger partial charge in [-0.15, -0.1) is 0 Å². The van der Waals surface area contributed by atoms with Crippen molar-refractivity contribution in [1.29, 1.82) is 0 Å². The van der Waals surface area contributed by atoms with Crippen LogP contribution in [-0.2, 0) is 13.2 Å². The lowest BCUT2D eigenvalue weighted by molar-refractivity contribution is 0.0674. The zero-order chi connectivity index (χ0) is 16.0. The van der Waals surface area contributed by atoms with Crippen molar-refractivity contribution in [2.24, 2.45) is 0 Å². The lowest BCUT2D eigenvalue weighted by Gasteiger charge is -2.22. The van der Waals surface area contributed by atoms with Crippen LogP contribution in [0, 0.1) is 0 Å². The van der Waals surface area contributed by atoms with Gasteiger partial charge in [-0.25, -0.2) is 0 Å². The molecule has 0 aliphatic carbocycles. The summed E-state index contributed by atoms with van der Waals surface area (Å²) < 4.78 is 5.96. The Kier molecular flexibility index (Phi) is 5.60. The largest absolute Gasteiger partial charge is 0.489 e. The number of hydrogen-bond donors (Lipinski definition) is 2. The van der Waals surface area contributed by atoms with Crippen molar-refractivity contribution in [3.05, 3.63) is 65.7 Å². The summed E-state index contributed by atoms with van der Waals surface area (Å²) in [7, 11) is 0. The zero-order valence-corrected chi connectivity index (χ0v) is 14.0. The summed E-state index contributed by atoms with van der Waals surface area (Å²) in [4.78, 5) is 0. The summed E-state index contributed by atoms with van der Waals surface area (Å²) in [6.45, 7) is 1.91. The Hall–Kier alpha value is -1.49. The van der Waals surface area contributed by atoms with Crippen molar-refractivity contribution in [1.82, 2.24) is 5.32 Å². The number of rotatable bonds is 7. The maximum absolute atomic E-state index is 10.4. The third-order valence-corrected chi connectivity index (χ3v) is 5.30. The molecule has 1 aliphatic rings. The molecule has 0 aromatic heterocycles. The fourth-order valence-corrected chi connectivity index (χ4v) is 3.99. The molecule has 1 heterocycles. The Morgan fingerprint density at radius 1 is 1.09 bits per heavy atom. The molecule has 0 bridgehead atoms. The van der Waals surface area contributed by atoms with Crippen molar-refractivity contribution in [3.63, 3.8) is 0 Å². The van der Waals surface area contributed by atoms with E-state index in [0.29, 0.717) is 19.7 Å². The normalized spacial score (nSPS) is 20.6. The van der Waals surface area contributed by atoms with Crippen molar-refractivity contribution in [3.8, 4) is 5.75 Å². The van der Waals surface area contributed by atoms with Crippen LogP contribution < -0.4 is 10.1 Å². The molecule has 1 saturated heterocycles. The van der Waals surface area contributed by atoms with Gasteiger partial charge in [-0.1, -0.05) is 48.5 Å². The second-order valence-corrected chi connectivity index (χ2v) is 7.12. The highest BCUT2D eigenvalue weighted by Crippen LogP contribution is 2.27. The third kappa shape index (κ3) is 4.74. The van der Waals surface area contributed by atoms with Crippen LogP contribution in [0.2, 0.25) is 0 Å². The number of aliphatic hydroxyl groups is 1. The number of para-hydroxylation sites is 1. The van der Waals surface area contributed by atoms with Crippen LogP contribution in [0.3, 0.4) is 0 Å². The molecule has 23 heavy (non-hydrogen) atoms. The lowest BCUT2D eigenvalue weighted by Crippen LogP contribution is -2.40. The summed E-state index contributed by atoms with van der Waals surface area (Å²) in [5.74, 6) is 2.78. The van der Waals surface area contributed by atoms with Crippen molar-refractivity contribution in [2.75, 3.05) is 18.1 Å². The quantitative estimate of drug-likeness (QED) is 0.818. The van der Waals surface area contributed by atoms with E-state index in [4.69, 9.17) is 4.74 Å². The van der Waals surface area contributed by atoms with Crippen molar-refractivity contribution in [2.45, 2.75) is 25.2 Å². The minimum Gasteiger partial charge on any atom is -0.489 e. The first-order chi connectivity index (χ1) is 11.3. The molecular weight excluding hydrogens is 306 g/mol. The highest BCUT2D eigenvalue weighted by Gasteiger charge is 2.31. The number of ether oxygens (including phenoxy) is 1. The Balaban J connectivity index is 1.55. The van der Waals surface area contributed by atoms with Gasteiger partial charge in [-0.2, -0.15) is 11.8 Å². The summed E-state index contributed by atoms with van der Waals surface area (Å²) in [5.41, 5.74) is 1.73. The smallest absolute Gasteiger partial charge is 0.124 e. The molecule has 0 spiro atoms. The van der Waals surface area contributed by atoms with E-state index in [9.17, 15) is 5.11 Å².